The van der Waals surface area contributed by atoms with Gasteiger partial charge in [-0.15, -0.1) is 0 Å². The van der Waals surface area contributed by atoms with Crippen LogP contribution in [0.15, 0.2) is 32.1 Å². The molecule has 1 aliphatic rings. The first kappa shape index (κ1) is 24.9. The third-order valence-electron chi connectivity index (χ3n) is 6.20. The van der Waals surface area contributed by atoms with E-state index in [0.717, 1.165) is 16.7 Å². The van der Waals surface area contributed by atoms with E-state index >= 15 is 0 Å². The van der Waals surface area contributed by atoms with E-state index in [-0.39, 0.29) is 28.8 Å². The number of nitrogens with zero attached hydrogens (tertiary/aromatic N) is 3. The number of anilines is 1. The highest BCUT2D eigenvalue weighted by Gasteiger charge is 2.37. The zero-order valence-electron chi connectivity index (χ0n) is 20.6. The van der Waals surface area contributed by atoms with Gasteiger partial charge in [-0.2, -0.15) is 4.31 Å². The van der Waals surface area contributed by atoms with Crippen molar-refractivity contribution in [1.82, 2.24) is 14.6 Å². The highest BCUT2D eigenvalue weighted by molar-refractivity contribution is 7.89. The van der Waals surface area contributed by atoms with E-state index in [1.54, 1.807) is 26.0 Å². The van der Waals surface area contributed by atoms with Gasteiger partial charge in [-0.05, 0) is 70.2 Å². The monoisotopic (exact) mass is 498 g/mol. The summed E-state index contributed by atoms with van der Waals surface area (Å²) in [6.07, 6.45) is 4.65. The summed E-state index contributed by atoms with van der Waals surface area (Å²) in [6, 6.07) is 5.77. The number of hydrogen-bond acceptors (Lipinski definition) is 7. The molecule has 1 fully saturated rings. The summed E-state index contributed by atoms with van der Waals surface area (Å²) in [4.78, 5) is 12.8. The van der Waals surface area contributed by atoms with Crippen molar-refractivity contribution in [3.63, 3.8) is 0 Å². The van der Waals surface area contributed by atoms with Gasteiger partial charge in [-0.1, -0.05) is 34.1 Å². The quantitative estimate of drug-likeness (QED) is 0.534. The second-order valence-corrected chi connectivity index (χ2v) is 11.0. The van der Waals surface area contributed by atoms with E-state index in [4.69, 9.17) is 9.05 Å². The fraction of sp³-hybridized carbons (Fsp3) is 0.400. The van der Waals surface area contributed by atoms with E-state index in [2.05, 4.69) is 27.8 Å². The summed E-state index contributed by atoms with van der Waals surface area (Å²) in [5, 5.41) is 10.4. The Morgan fingerprint density at radius 2 is 1.77 bits per heavy atom. The summed E-state index contributed by atoms with van der Waals surface area (Å²) >= 11 is 0. The summed E-state index contributed by atoms with van der Waals surface area (Å²) in [5.41, 5.74) is 4.63. The molecule has 1 atom stereocenters. The van der Waals surface area contributed by atoms with Crippen LogP contribution in [0.25, 0.3) is 12.2 Å². The maximum absolute atomic E-state index is 13.6. The smallest absolute Gasteiger partial charge is 0.248 e. The molecule has 9 nitrogen and oxygen atoms in total. The number of sulfonamides is 1. The Labute approximate surface area is 205 Å². The fourth-order valence-corrected chi connectivity index (χ4v) is 6.34. The Bertz CT molecular complexity index is 1360. The average molecular weight is 499 g/mol. The van der Waals surface area contributed by atoms with Gasteiger partial charge >= 0.3 is 0 Å². The van der Waals surface area contributed by atoms with Gasteiger partial charge in [0.25, 0.3) is 0 Å². The number of aryl methyl sites for hydroxylation is 5. The van der Waals surface area contributed by atoms with E-state index in [1.165, 1.54) is 9.87 Å². The molecule has 35 heavy (non-hydrogen) atoms. The molecular formula is C25H30N4O5S. The number of rotatable bonds is 6. The van der Waals surface area contributed by atoms with Gasteiger partial charge in [-0.3, -0.25) is 4.79 Å². The first-order chi connectivity index (χ1) is 16.6. The molecule has 3 heterocycles. The number of aromatic nitrogens is 2. The standard InChI is InChI=1S/C25H30N4O5S/c1-15-11-16(2)21(17(3)12-15)8-9-22-24(19(5)27-34-22)35(31,32)29-10-6-7-20(14-29)25(30)26-23-13-18(4)33-28-23/h8-9,11-13,20H,6-7,10,14H2,1-5H3,(H,26,28,30)/b9-8+/t20-/m0/s1. The van der Waals surface area contributed by atoms with Gasteiger partial charge in [0, 0.05) is 19.2 Å². The van der Waals surface area contributed by atoms with Gasteiger partial charge in [0.1, 0.15) is 11.5 Å². The first-order valence-corrected chi connectivity index (χ1v) is 13.0. The second-order valence-electron chi connectivity index (χ2n) is 9.12. The zero-order chi connectivity index (χ0) is 25.3. The molecule has 186 valence electrons. The number of piperidine rings is 1. The fourth-order valence-electron chi connectivity index (χ4n) is 4.57. The maximum atomic E-state index is 13.6. The van der Waals surface area contributed by atoms with Crippen LogP contribution in [0.5, 0.6) is 0 Å². The topological polar surface area (TPSA) is 119 Å². The Morgan fingerprint density at radius 1 is 1.06 bits per heavy atom. The minimum atomic E-state index is -3.93. The Kier molecular flexibility index (Phi) is 6.95. The molecule has 0 bridgehead atoms. The number of amides is 1. The second kappa shape index (κ2) is 9.79. The molecule has 0 saturated carbocycles. The lowest BCUT2D eigenvalue weighted by Crippen LogP contribution is -2.43. The van der Waals surface area contributed by atoms with Crippen LogP contribution in [0, 0.1) is 40.5 Å². The molecule has 10 heteroatoms. The van der Waals surface area contributed by atoms with Crippen LogP contribution < -0.4 is 5.32 Å². The molecule has 0 spiro atoms. The molecule has 0 unspecified atom stereocenters. The lowest BCUT2D eigenvalue weighted by molar-refractivity contribution is -0.120. The molecule has 2 aromatic heterocycles. The lowest BCUT2D eigenvalue weighted by atomic mass is 9.99. The molecule has 0 radical (unpaired) electrons. The van der Waals surface area contributed by atoms with Gasteiger partial charge in [-0.25, -0.2) is 8.42 Å². The van der Waals surface area contributed by atoms with Crippen molar-refractivity contribution >= 4 is 33.9 Å². The molecule has 3 aromatic rings. The lowest BCUT2D eigenvalue weighted by Gasteiger charge is -2.30. The largest absolute Gasteiger partial charge is 0.360 e. The predicted octanol–water partition coefficient (Wildman–Crippen LogP) is 4.41. The molecule has 1 saturated heterocycles. The maximum Gasteiger partial charge on any atom is 0.248 e. The predicted molar refractivity (Wildman–Crippen MR) is 132 cm³/mol. The van der Waals surface area contributed by atoms with Crippen molar-refractivity contribution in [1.29, 1.82) is 0 Å². The zero-order valence-corrected chi connectivity index (χ0v) is 21.4. The van der Waals surface area contributed by atoms with Crippen molar-refractivity contribution < 1.29 is 22.3 Å². The average Bonchev–Trinajstić information content (AvgIpc) is 3.38. The number of carbonyl (C=O) groups is 1. The third kappa shape index (κ3) is 5.23. The van der Waals surface area contributed by atoms with Crippen molar-refractivity contribution in [3.05, 3.63) is 57.7 Å². The molecule has 1 amide bonds. The number of nitrogens with one attached hydrogen (secondary N) is 1. The van der Waals surface area contributed by atoms with Crippen LogP contribution in [-0.2, 0) is 14.8 Å². The van der Waals surface area contributed by atoms with Crippen molar-refractivity contribution in [2.24, 2.45) is 5.92 Å². The minimum Gasteiger partial charge on any atom is -0.360 e. The summed E-state index contributed by atoms with van der Waals surface area (Å²) in [7, 11) is -3.93. The van der Waals surface area contributed by atoms with Crippen molar-refractivity contribution in [2.75, 3.05) is 18.4 Å². The highest BCUT2D eigenvalue weighted by Crippen LogP contribution is 2.30. The van der Waals surface area contributed by atoms with E-state index in [9.17, 15) is 13.2 Å². The Morgan fingerprint density at radius 3 is 2.43 bits per heavy atom. The third-order valence-corrected chi connectivity index (χ3v) is 8.23. The van der Waals surface area contributed by atoms with Gasteiger partial charge < -0.3 is 14.4 Å². The van der Waals surface area contributed by atoms with Crippen LogP contribution in [0.3, 0.4) is 0 Å². The normalized spacial score (nSPS) is 17.2. The highest BCUT2D eigenvalue weighted by atomic mass is 32.2. The molecular weight excluding hydrogens is 468 g/mol. The van der Waals surface area contributed by atoms with E-state index < -0.39 is 15.9 Å². The molecule has 1 aromatic carbocycles. The van der Waals surface area contributed by atoms with Crippen LogP contribution in [-0.4, -0.2) is 42.0 Å². The number of hydrogen-bond donors (Lipinski definition) is 1. The van der Waals surface area contributed by atoms with Crippen LogP contribution >= 0.6 is 0 Å². The first-order valence-electron chi connectivity index (χ1n) is 11.5. The van der Waals surface area contributed by atoms with E-state index in [1.807, 2.05) is 26.8 Å². The SMILES string of the molecule is Cc1cc(C)c(/C=C/c2onc(C)c2S(=O)(=O)N2CCC[C@H](C(=O)Nc3cc(C)on3)C2)c(C)c1. The summed E-state index contributed by atoms with van der Waals surface area (Å²) < 4.78 is 39.0. The van der Waals surface area contributed by atoms with Crippen LogP contribution in [0.4, 0.5) is 5.82 Å². The van der Waals surface area contributed by atoms with Crippen LogP contribution in [0.1, 0.15) is 52.3 Å². The number of carbonyl (C=O) groups excluding carboxylic acids is 1. The molecule has 0 aliphatic carbocycles. The van der Waals surface area contributed by atoms with Gasteiger partial charge in [0.15, 0.2) is 16.5 Å². The number of benzene rings is 1. The van der Waals surface area contributed by atoms with Crippen LogP contribution in [0.2, 0.25) is 0 Å². The van der Waals surface area contributed by atoms with Crippen molar-refractivity contribution in [3.8, 4) is 0 Å². The van der Waals surface area contributed by atoms with Gasteiger partial charge in [0.2, 0.25) is 15.9 Å². The molecule has 1 aliphatic heterocycles. The summed E-state index contributed by atoms with van der Waals surface area (Å²) in [5.74, 6) is 0.272. The van der Waals surface area contributed by atoms with Gasteiger partial charge in [0.05, 0.1) is 5.92 Å². The Balaban J connectivity index is 1.57. The molecule has 4 rings (SSSR count). The Hall–Kier alpha value is -3.24. The molecule has 1 N–H and O–H groups in total. The summed E-state index contributed by atoms with van der Waals surface area (Å²) in [6.45, 7) is 9.79. The van der Waals surface area contributed by atoms with Crippen molar-refractivity contribution in [2.45, 2.75) is 52.4 Å². The minimum absolute atomic E-state index is 0.0318. The van der Waals surface area contributed by atoms with E-state index in [0.29, 0.717) is 31.0 Å².